The first-order valence-corrected chi connectivity index (χ1v) is 14.0. The zero-order chi connectivity index (χ0) is 21.5. The van der Waals surface area contributed by atoms with E-state index in [-0.39, 0.29) is 23.3 Å². The molecule has 0 spiro atoms. The smallest absolute Gasteiger partial charge is 0.330 e. The van der Waals surface area contributed by atoms with Gasteiger partial charge in [-0.15, -0.1) is 11.6 Å². The van der Waals surface area contributed by atoms with E-state index in [4.69, 9.17) is 20.2 Å². The second-order valence-corrected chi connectivity index (χ2v) is 15.6. The van der Waals surface area contributed by atoms with Crippen molar-refractivity contribution in [1.29, 1.82) is 0 Å². The highest BCUT2D eigenvalue weighted by molar-refractivity contribution is 7.86. The van der Waals surface area contributed by atoms with Gasteiger partial charge in [-0.2, -0.15) is 8.42 Å². The fourth-order valence-corrected chi connectivity index (χ4v) is 4.58. The number of carbonyl (C=O) groups excluding carboxylic acids is 1. The summed E-state index contributed by atoms with van der Waals surface area (Å²) in [5.41, 5.74) is -0.686. The summed E-state index contributed by atoms with van der Waals surface area (Å²) in [7, 11) is -4.54. The van der Waals surface area contributed by atoms with Crippen LogP contribution in [-0.4, -0.2) is 54.2 Å². The van der Waals surface area contributed by atoms with Crippen molar-refractivity contribution in [2.75, 3.05) is 25.3 Å². The molecule has 0 unspecified atom stereocenters. The van der Waals surface area contributed by atoms with Crippen LogP contribution in [-0.2, 0) is 28.3 Å². The van der Waals surface area contributed by atoms with Crippen LogP contribution in [0.3, 0.4) is 0 Å². The molecule has 0 saturated carbocycles. The lowest BCUT2D eigenvalue weighted by molar-refractivity contribution is -0.134. The zero-order valence-corrected chi connectivity index (χ0v) is 20.4. The fraction of sp³-hybridized carbons (Fsp3) is 0.833. The van der Waals surface area contributed by atoms with Crippen molar-refractivity contribution in [3.63, 3.8) is 0 Å². The number of rotatable bonds is 11. The van der Waals surface area contributed by atoms with Crippen molar-refractivity contribution >= 4 is 36.0 Å². The van der Waals surface area contributed by atoms with E-state index in [1.54, 1.807) is 6.08 Å². The van der Waals surface area contributed by atoms with E-state index < -0.39 is 35.9 Å². The van der Waals surface area contributed by atoms with Crippen LogP contribution >= 0.6 is 11.6 Å². The topological polar surface area (TPSA) is 78.9 Å². The minimum absolute atomic E-state index is 0.0479. The minimum atomic E-state index is -3.66. The third kappa shape index (κ3) is 9.56. The summed E-state index contributed by atoms with van der Waals surface area (Å²) in [4.78, 5) is 11.5. The number of hydrogen-bond acceptors (Lipinski definition) is 6. The van der Waals surface area contributed by atoms with Crippen molar-refractivity contribution in [1.82, 2.24) is 0 Å². The Morgan fingerprint density at radius 2 is 1.74 bits per heavy atom. The normalized spacial score (nSPS) is 15.1. The number of hydrogen-bond donors (Lipinski definition) is 0. The molecular weight excluding hydrogens is 408 g/mol. The van der Waals surface area contributed by atoms with Gasteiger partial charge >= 0.3 is 5.97 Å². The van der Waals surface area contributed by atoms with Gasteiger partial charge in [0.05, 0.1) is 25.6 Å². The number of esters is 1. The average Bonchev–Trinajstić information content (AvgIpc) is 2.53. The number of halogens is 1. The fourth-order valence-electron chi connectivity index (χ4n) is 1.80. The summed E-state index contributed by atoms with van der Waals surface area (Å²) >= 11 is 5.56. The van der Waals surface area contributed by atoms with Crippen LogP contribution in [0, 0.1) is 5.41 Å². The van der Waals surface area contributed by atoms with Gasteiger partial charge in [0, 0.05) is 17.4 Å². The molecule has 0 aromatic carbocycles. The highest BCUT2D eigenvalue weighted by Gasteiger charge is 2.42. The molecule has 0 amide bonds. The molecular formula is C18H35ClO6SSi. The molecule has 0 radical (unpaired) electrons. The Bertz CT molecular complexity index is 608. The molecule has 0 aromatic heterocycles. The first-order valence-electron chi connectivity index (χ1n) is 8.95. The molecule has 160 valence electrons. The molecule has 0 aromatic rings. The third-order valence-corrected chi connectivity index (χ3v) is 10.7. The largest absolute Gasteiger partial charge is 0.466 e. The van der Waals surface area contributed by atoms with E-state index in [9.17, 15) is 13.2 Å². The SMILES string of the molecule is COC(=O)C=C[C@H](O[Si](C)(C)C(C)(C)C)C(C)(C)COS(=O)(=O)CCCCl. The quantitative estimate of drug-likeness (QED) is 0.157. The van der Waals surface area contributed by atoms with Gasteiger partial charge in [0.1, 0.15) is 0 Å². The Morgan fingerprint density at radius 1 is 1.19 bits per heavy atom. The van der Waals surface area contributed by atoms with Gasteiger partial charge < -0.3 is 9.16 Å². The van der Waals surface area contributed by atoms with E-state index in [1.807, 2.05) is 13.8 Å². The van der Waals surface area contributed by atoms with Crippen molar-refractivity contribution in [3.8, 4) is 0 Å². The Hall–Kier alpha value is -0.413. The van der Waals surface area contributed by atoms with E-state index in [0.29, 0.717) is 6.42 Å². The maximum Gasteiger partial charge on any atom is 0.330 e. The molecule has 0 aliphatic heterocycles. The van der Waals surface area contributed by atoms with Gasteiger partial charge in [0.25, 0.3) is 10.1 Å². The highest BCUT2D eigenvalue weighted by Crippen LogP contribution is 2.40. The number of alkyl halides is 1. The van der Waals surface area contributed by atoms with Crippen LogP contribution in [0.15, 0.2) is 12.2 Å². The predicted molar refractivity (Wildman–Crippen MR) is 112 cm³/mol. The first kappa shape index (κ1) is 26.6. The molecule has 1 atom stereocenters. The van der Waals surface area contributed by atoms with E-state index >= 15 is 0 Å². The Morgan fingerprint density at radius 3 is 2.19 bits per heavy atom. The second kappa shape index (κ2) is 10.4. The van der Waals surface area contributed by atoms with Crippen LogP contribution in [0.5, 0.6) is 0 Å². The van der Waals surface area contributed by atoms with Crippen LogP contribution in [0.2, 0.25) is 18.1 Å². The van der Waals surface area contributed by atoms with E-state index in [1.165, 1.54) is 13.2 Å². The van der Waals surface area contributed by atoms with Gasteiger partial charge in [-0.05, 0) is 30.6 Å². The predicted octanol–water partition coefficient (Wildman–Crippen LogP) is 4.11. The summed E-state index contributed by atoms with van der Waals surface area (Å²) in [5.74, 6) is -0.367. The number of carbonyl (C=O) groups is 1. The van der Waals surface area contributed by atoms with E-state index in [2.05, 4.69) is 38.6 Å². The summed E-state index contributed by atoms with van der Waals surface area (Å²) in [6.45, 7) is 14.2. The molecule has 6 nitrogen and oxygen atoms in total. The van der Waals surface area contributed by atoms with Crippen molar-refractivity contribution in [2.24, 2.45) is 5.41 Å². The summed E-state index contributed by atoms with van der Waals surface area (Å²) < 4.78 is 40.3. The summed E-state index contributed by atoms with van der Waals surface area (Å²) in [5, 5.41) is -0.0479. The number of ether oxygens (including phenoxy) is 1. The molecule has 0 fully saturated rings. The molecule has 0 rings (SSSR count). The maximum absolute atomic E-state index is 12.0. The van der Waals surface area contributed by atoms with Gasteiger partial charge in [0.2, 0.25) is 0 Å². The van der Waals surface area contributed by atoms with Crippen molar-refractivity contribution in [3.05, 3.63) is 12.2 Å². The van der Waals surface area contributed by atoms with Gasteiger partial charge in [-0.1, -0.05) is 34.6 Å². The maximum atomic E-state index is 12.0. The summed E-state index contributed by atoms with van der Waals surface area (Å²) in [6, 6.07) is 0. The molecule has 9 heteroatoms. The molecule has 0 aliphatic rings. The minimum Gasteiger partial charge on any atom is -0.466 e. The Kier molecular flexibility index (Phi) is 10.2. The molecule has 27 heavy (non-hydrogen) atoms. The molecule has 0 heterocycles. The Balaban J connectivity index is 5.50. The van der Waals surface area contributed by atoms with Crippen molar-refractivity contribution < 1.29 is 26.6 Å². The molecule has 0 saturated heterocycles. The lowest BCUT2D eigenvalue weighted by Crippen LogP contribution is -2.48. The second-order valence-electron chi connectivity index (χ2n) is 8.74. The Labute approximate surface area is 170 Å². The monoisotopic (exact) mass is 442 g/mol. The third-order valence-electron chi connectivity index (χ3n) is 4.74. The zero-order valence-electron chi connectivity index (χ0n) is 17.8. The first-order chi connectivity index (χ1) is 12.1. The van der Waals surface area contributed by atoms with Crippen molar-refractivity contribution in [2.45, 2.75) is 65.3 Å². The number of methoxy groups -OCH3 is 1. The van der Waals surface area contributed by atoms with Gasteiger partial charge in [0.15, 0.2) is 8.32 Å². The van der Waals surface area contributed by atoms with Gasteiger partial charge in [-0.3, -0.25) is 4.18 Å². The standard InChI is InChI=1S/C18H35ClO6SSi/c1-17(2,3)27(7,8)25-15(10-11-16(20)23-6)18(4,5)14-24-26(21,22)13-9-12-19/h10-11,15H,9,12-14H2,1-8H3/t15-/m0/s1. The summed E-state index contributed by atoms with van der Waals surface area (Å²) in [6.07, 6.45) is 2.75. The molecule has 0 bridgehead atoms. The lowest BCUT2D eigenvalue weighted by Gasteiger charge is -2.43. The van der Waals surface area contributed by atoms with Gasteiger partial charge in [-0.25, -0.2) is 4.79 Å². The van der Waals surface area contributed by atoms with Crippen LogP contribution in [0.1, 0.15) is 41.0 Å². The highest BCUT2D eigenvalue weighted by atomic mass is 35.5. The van der Waals surface area contributed by atoms with E-state index in [0.717, 1.165) is 0 Å². The molecule has 0 aliphatic carbocycles. The lowest BCUT2D eigenvalue weighted by atomic mass is 9.87. The average molecular weight is 443 g/mol. The van der Waals surface area contributed by atoms with Crippen LogP contribution in [0.4, 0.5) is 0 Å². The van der Waals surface area contributed by atoms with Crippen LogP contribution in [0.25, 0.3) is 0 Å². The van der Waals surface area contributed by atoms with Crippen LogP contribution < -0.4 is 0 Å². The molecule has 0 N–H and O–H groups in total.